The lowest BCUT2D eigenvalue weighted by Gasteiger charge is -2.11. The molecule has 1 aromatic heterocycles. The molecule has 0 saturated heterocycles. The minimum Gasteiger partial charge on any atom is -0.491 e. The Balaban J connectivity index is 1.47. The van der Waals surface area contributed by atoms with E-state index >= 15 is 0 Å². The topological polar surface area (TPSA) is 189 Å². The number of halogens is 1. The normalized spacial score (nSPS) is 10.8. The van der Waals surface area contributed by atoms with Crippen LogP contribution in [0.25, 0.3) is 0 Å². The molecule has 0 atom stereocenters. The number of nitrogens with two attached hydrogens (primary N) is 2. The third kappa shape index (κ3) is 13.7. The fourth-order valence-corrected chi connectivity index (χ4v) is 3.39. The van der Waals surface area contributed by atoms with Crippen LogP contribution in [0.15, 0.2) is 24.3 Å². The van der Waals surface area contributed by atoms with Crippen molar-refractivity contribution in [2.24, 2.45) is 0 Å². The summed E-state index contributed by atoms with van der Waals surface area (Å²) >= 11 is 5.79. The minimum atomic E-state index is -0.696. The second kappa shape index (κ2) is 19.8. The Labute approximate surface area is 239 Å². The fraction of sp³-hybridized carbons (Fsp3) is 0.538. The summed E-state index contributed by atoms with van der Waals surface area (Å²) in [5.74, 6) is -0.314. The molecule has 0 saturated carbocycles. The van der Waals surface area contributed by atoms with Gasteiger partial charge in [-0.15, -0.1) is 0 Å². The highest BCUT2D eigenvalue weighted by atomic mass is 35.5. The molecule has 1 aromatic carbocycles. The maximum absolute atomic E-state index is 12.2. The predicted octanol–water partition coefficient (Wildman–Crippen LogP) is 2.04. The first-order valence-corrected chi connectivity index (χ1v) is 13.5. The van der Waals surface area contributed by atoms with Crippen LogP contribution in [0, 0.1) is 5.41 Å². The molecule has 0 fully saturated rings. The van der Waals surface area contributed by atoms with Crippen LogP contribution < -0.4 is 26.8 Å². The number of guanidine groups is 1. The van der Waals surface area contributed by atoms with Gasteiger partial charge in [-0.2, -0.15) is 0 Å². The number of benzene rings is 1. The molecule has 0 spiro atoms. The van der Waals surface area contributed by atoms with Crippen LogP contribution >= 0.6 is 11.6 Å². The lowest BCUT2D eigenvalue weighted by molar-refractivity contribution is -0.00342. The van der Waals surface area contributed by atoms with E-state index in [0.717, 1.165) is 25.0 Å². The number of anilines is 2. The Morgan fingerprint density at radius 1 is 0.875 bits per heavy atom. The number of aryl methyl sites for hydroxylation is 1. The van der Waals surface area contributed by atoms with Crippen molar-refractivity contribution in [3.05, 3.63) is 40.7 Å². The molecule has 0 radical (unpaired) electrons. The molecule has 2 aromatic rings. The largest absolute Gasteiger partial charge is 0.491 e. The maximum Gasteiger partial charge on any atom is 0.280 e. The fourth-order valence-electron chi connectivity index (χ4n) is 3.27. The van der Waals surface area contributed by atoms with E-state index in [0.29, 0.717) is 66.0 Å². The van der Waals surface area contributed by atoms with E-state index in [4.69, 9.17) is 52.2 Å². The summed E-state index contributed by atoms with van der Waals surface area (Å²) in [4.78, 5) is 19.8. The summed E-state index contributed by atoms with van der Waals surface area (Å²) in [5, 5.41) is 12.9. The standard InChI is InChI=1S/C26H40ClN7O6/c1-2-36-11-12-37-13-14-38-15-16-39-17-18-40-20-8-6-19(7-9-20)5-3-4-10-31-26(30)34-25(35)21-23(28)33-24(29)22(27)32-21/h6-9H,2-5,10-18H2,1H3,(H4,28,29,33)(H3,30,31,34,35). The summed E-state index contributed by atoms with van der Waals surface area (Å²) in [6.07, 6.45) is 2.57. The third-order valence-corrected chi connectivity index (χ3v) is 5.57. The summed E-state index contributed by atoms with van der Waals surface area (Å²) in [5.41, 5.74) is 12.1. The van der Waals surface area contributed by atoms with Crippen molar-refractivity contribution < 1.29 is 28.5 Å². The lowest BCUT2D eigenvalue weighted by atomic mass is 10.1. The highest BCUT2D eigenvalue weighted by molar-refractivity contribution is 6.31. The quantitative estimate of drug-likeness (QED) is 0.0873. The molecule has 14 heteroatoms. The zero-order valence-corrected chi connectivity index (χ0v) is 23.6. The van der Waals surface area contributed by atoms with Gasteiger partial charge in [0.05, 0.1) is 46.2 Å². The lowest BCUT2D eigenvalue weighted by Crippen LogP contribution is -2.41. The molecule has 0 aliphatic heterocycles. The molecule has 7 N–H and O–H groups in total. The van der Waals surface area contributed by atoms with E-state index in [-0.39, 0.29) is 28.4 Å². The number of rotatable bonds is 20. The van der Waals surface area contributed by atoms with Crippen LogP contribution in [-0.4, -0.2) is 87.8 Å². The van der Waals surface area contributed by atoms with Crippen molar-refractivity contribution in [1.29, 1.82) is 5.41 Å². The number of unbranched alkanes of at least 4 members (excludes halogenated alkanes) is 1. The summed E-state index contributed by atoms with van der Waals surface area (Å²) in [7, 11) is 0. The monoisotopic (exact) mass is 581 g/mol. The molecule has 1 heterocycles. The van der Waals surface area contributed by atoms with Crippen molar-refractivity contribution in [1.82, 2.24) is 20.6 Å². The smallest absolute Gasteiger partial charge is 0.280 e. The molecule has 0 unspecified atom stereocenters. The molecule has 222 valence electrons. The van der Waals surface area contributed by atoms with E-state index in [1.54, 1.807) is 0 Å². The zero-order valence-electron chi connectivity index (χ0n) is 22.9. The van der Waals surface area contributed by atoms with Gasteiger partial charge >= 0.3 is 0 Å². The third-order valence-electron chi connectivity index (χ3n) is 5.29. The van der Waals surface area contributed by atoms with Gasteiger partial charge in [0.2, 0.25) is 0 Å². The van der Waals surface area contributed by atoms with Crippen LogP contribution in [0.5, 0.6) is 5.75 Å². The molecular weight excluding hydrogens is 542 g/mol. The highest BCUT2D eigenvalue weighted by Crippen LogP contribution is 2.17. The number of nitrogen functional groups attached to an aromatic ring is 2. The van der Waals surface area contributed by atoms with Crippen molar-refractivity contribution in [2.75, 3.05) is 77.5 Å². The molecule has 0 bridgehead atoms. The Hall–Kier alpha value is -3.23. The van der Waals surface area contributed by atoms with Gasteiger partial charge in [0.15, 0.2) is 28.4 Å². The van der Waals surface area contributed by atoms with E-state index in [9.17, 15) is 4.79 Å². The molecule has 13 nitrogen and oxygen atoms in total. The van der Waals surface area contributed by atoms with Gasteiger partial charge < -0.3 is 40.5 Å². The second-order valence-electron chi connectivity index (χ2n) is 8.37. The Morgan fingerprint density at radius 2 is 1.48 bits per heavy atom. The van der Waals surface area contributed by atoms with Gasteiger partial charge in [0.25, 0.3) is 5.91 Å². The van der Waals surface area contributed by atoms with Crippen molar-refractivity contribution in [2.45, 2.75) is 26.2 Å². The number of nitrogens with one attached hydrogen (secondary N) is 3. The number of hydrogen-bond donors (Lipinski definition) is 5. The first-order valence-electron chi connectivity index (χ1n) is 13.2. The maximum atomic E-state index is 12.2. The molecule has 0 aliphatic carbocycles. The number of aromatic nitrogens is 2. The second-order valence-corrected chi connectivity index (χ2v) is 8.73. The number of carbonyl (C=O) groups excluding carboxylic acids is 1. The molecule has 1 amide bonds. The van der Waals surface area contributed by atoms with Crippen molar-refractivity contribution in [3.63, 3.8) is 0 Å². The molecule has 0 aliphatic rings. The van der Waals surface area contributed by atoms with E-state index in [1.165, 1.54) is 5.56 Å². The predicted molar refractivity (Wildman–Crippen MR) is 153 cm³/mol. The molecule has 2 rings (SSSR count). The SMILES string of the molecule is CCOCCOCCOCCOCCOc1ccc(CCCCNC(=N)NC(=O)c2nc(Cl)c(N)nc2N)cc1. The van der Waals surface area contributed by atoms with Crippen LogP contribution in [0.3, 0.4) is 0 Å². The average Bonchev–Trinajstić information content (AvgIpc) is 2.93. The zero-order chi connectivity index (χ0) is 29.0. The Bertz CT molecular complexity index is 1030. The van der Waals surface area contributed by atoms with Crippen LogP contribution in [-0.2, 0) is 25.4 Å². The molecular formula is C26H40ClN7O6. The van der Waals surface area contributed by atoms with Crippen molar-refractivity contribution >= 4 is 35.1 Å². The summed E-state index contributed by atoms with van der Waals surface area (Å²) in [6.45, 7) is 7.37. The number of hydrogen-bond acceptors (Lipinski definition) is 11. The number of amides is 1. The minimum absolute atomic E-state index is 0.0688. The Morgan fingerprint density at radius 3 is 2.10 bits per heavy atom. The van der Waals surface area contributed by atoms with Gasteiger partial charge in [-0.1, -0.05) is 23.7 Å². The van der Waals surface area contributed by atoms with E-state index in [2.05, 4.69) is 20.6 Å². The van der Waals surface area contributed by atoms with E-state index < -0.39 is 5.91 Å². The summed E-state index contributed by atoms with van der Waals surface area (Å²) < 4.78 is 27.2. The van der Waals surface area contributed by atoms with Gasteiger partial charge in [0, 0.05) is 13.2 Å². The first-order chi connectivity index (χ1) is 19.4. The van der Waals surface area contributed by atoms with E-state index in [1.807, 2.05) is 31.2 Å². The number of ether oxygens (including phenoxy) is 5. The first kappa shape index (κ1) is 33.0. The van der Waals surface area contributed by atoms with Gasteiger partial charge in [-0.25, -0.2) is 9.97 Å². The number of nitrogens with zero attached hydrogens (tertiary/aromatic N) is 2. The van der Waals surface area contributed by atoms with Crippen LogP contribution in [0.1, 0.15) is 35.8 Å². The van der Waals surface area contributed by atoms with Crippen LogP contribution in [0.2, 0.25) is 5.15 Å². The van der Waals surface area contributed by atoms with Crippen LogP contribution in [0.4, 0.5) is 11.6 Å². The molecule has 40 heavy (non-hydrogen) atoms. The van der Waals surface area contributed by atoms with Gasteiger partial charge in [-0.05, 0) is 43.9 Å². The van der Waals surface area contributed by atoms with Gasteiger partial charge in [0.1, 0.15) is 12.4 Å². The Kier molecular flexibility index (Phi) is 16.3. The average molecular weight is 582 g/mol. The summed E-state index contributed by atoms with van der Waals surface area (Å²) in [6, 6.07) is 7.93. The highest BCUT2D eigenvalue weighted by Gasteiger charge is 2.17. The number of carbonyl (C=O) groups is 1. The van der Waals surface area contributed by atoms with Crippen molar-refractivity contribution in [3.8, 4) is 5.75 Å². The van der Waals surface area contributed by atoms with Gasteiger partial charge in [-0.3, -0.25) is 15.5 Å².